The molecule has 0 atom stereocenters. The van der Waals surface area contributed by atoms with Gasteiger partial charge in [-0.05, 0) is 52.7 Å². The minimum Gasteiger partial charge on any atom is -0.465 e. The Labute approximate surface area is 141 Å². The van der Waals surface area contributed by atoms with Gasteiger partial charge >= 0.3 is 5.97 Å². The molecule has 0 amide bonds. The lowest BCUT2D eigenvalue weighted by Gasteiger charge is -2.11. The predicted octanol–water partition coefficient (Wildman–Crippen LogP) is 3.48. The molecule has 1 N–H and O–H groups in total. The molecular formula is C15H13BrFNO4S. The topological polar surface area (TPSA) is 72.5 Å². The lowest BCUT2D eigenvalue weighted by atomic mass is 10.2. The maximum Gasteiger partial charge on any atom is 0.339 e. The highest BCUT2D eigenvalue weighted by molar-refractivity contribution is 9.10. The number of halogens is 2. The molecule has 0 fully saturated rings. The Hall–Kier alpha value is -1.93. The van der Waals surface area contributed by atoms with E-state index < -0.39 is 26.7 Å². The normalized spacial score (nSPS) is 11.1. The predicted molar refractivity (Wildman–Crippen MR) is 87.4 cm³/mol. The summed E-state index contributed by atoms with van der Waals surface area (Å²) in [6.45, 7) is 1.80. The zero-order chi connectivity index (χ0) is 17.2. The molecule has 0 unspecified atom stereocenters. The van der Waals surface area contributed by atoms with Crippen molar-refractivity contribution in [2.24, 2.45) is 0 Å². The summed E-state index contributed by atoms with van der Waals surface area (Å²) in [6, 6.07) is 8.47. The number of carbonyl (C=O) groups is 1. The van der Waals surface area contributed by atoms with Crippen LogP contribution in [0.2, 0.25) is 0 Å². The van der Waals surface area contributed by atoms with Crippen molar-refractivity contribution >= 4 is 37.6 Å². The molecule has 8 heteroatoms. The maximum absolute atomic E-state index is 14.1. The van der Waals surface area contributed by atoms with E-state index in [9.17, 15) is 17.6 Å². The molecule has 0 heterocycles. The van der Waals surface area contributed by atoms with Crippen LogP contribution in [0.15, 0.2) is 45.8 Å². The quantitative estimate of drug-likeness (QED) is 0.795. The molecule has 0 spiro atoms. The number of esters is 1. The molecule has 0 aliphatic carbocycles. The Morgan fingerprint density at radius 2 is 1.96 bits per heavy atom. The standard InChI is InChI=1S/C15H13BrFNO4S/c1-9-4-3-5-10(6-9)18-23(20,21)14-7-11(15(19)22-2)12(16)8-13(14)17/h3-8,18H,1-2H3. The number of ether oxygens (including phenoxy) is 1. The molecule has 23 heavy (non-hydrogen) atoms. The summed E-state index contributed by atoms with van der Waals surface area (Å²) in [7, 11) is -3.05. The summed E-state index contributed by atoms with van der Waals surface area (Å²) < 4.78 is 45.8. The second-order valence-electron chi connectivity index (χ2n) is 4.73. The number of nitrogens with one attached hydrogen (secondary N) is 1. The Morgan fingerprint density at radius 1 is 1.26 bits per heavy atom. The van der Waals surface area contributed by atoms with Crippen molar-refractivity contribution in [1.29, 1.82) is 0 Å². The fourth-order valence-corrected chi connectivity index (χ4v) is 3.53. The van der Waals surface area contributed by atoms with Crippen LogP contribution in [-0.2, 0) is 14.8 Å². The molecule has 0 saturated carbocycles. The van der Waals surface area contributed by atoms with Gasteiger partial charge in [0.1, 0.15) is 10.7 Å². The third kappa shape index (κ3) is 3.89. The number of anilines is 1. The smallest absolute Gasteiger partial charge is 0.339 e. The van der Waals surface area contributed by atoms with Gasteiger partial charge in [0.2, 0.25) is 0 Å². The van der Waals surface area contributed by atoms with Gasteiger partial charge in [-0.1, -0.05) is 12.1 Å². The van der Waals surface area contributed by atoms with Crippen molar-refractivity contribution in [1.82, 2.24) is 0 Å². The summed E-state index contributed by atoms with van der Waals surface area (Å²) >= 11 is 3.01. The lowest BCUT2D eigenvalue weighted by molar-refractivity contribution is 0.0599. The number of hydrogen-bond donors (Lipinski definition) is 1. The van der Waals surface area contributed by atoms with Gasteiger partial charge in [-0.3, -0.25) is 4.72 Å². The SMILES string of the molecule is COC(=O)c1cc(S(=O)(=O)Nc2cccc(C)c2)c(F)cc1Br. The van der Waals surface area contributed by atoms with Crippen molar-refractivity contribution in [3.63, 3.8) is 0 Å². The highest BCUT2D eigenvalue weighted by atomic mass is 79.9. The fourth-order valence-electron chi connectivity index (χ4n) is 1.92. The summed E-state index contributed by atoms with van der Waals surface area (Å²) in [5, 5.41) is 0. The number of rotatable bonds is 4. The van der Waals surface area contributed by atoms with E-state index >= 15 is 0 Å². The van der Waals surface area contributed by atoms with Crippen LogP contribution >= 0.6 is 15.9 Å². The van der Waals surface area contributed by atoms with Crippen LogP contribution in [0.25, 0.3) is 0 Å². The third-order valence-electron chi connectivity index (χ3n) is 2.99. The van der Waals surface area contributed by atoms with Crippen LogP contribution in [0.5, 0.6) is 0 Å². The van der Waals surface area contributed by atoms with E-state index in [2.05, 4.69) is 25.4 Å². The van der Waals surface area contributed by atoms with Gasteiger partial charge in [0.15, 0.2) is 0 Å². The van der Waals surface area contributed by atoms with Gasteiger partial charge in [0, 0.05) is 10.2 Å². The molecular weight excluding hydrogens is 389 g/mol. The van der Waals surface area contributed by atoms with Gasteiger partial charge in [0.25, 0.3) is 10.0 Å². The Balaban J connectivity index is 2.49. The molecule has 0 aromatic heterocycles. The second kappa shape index (κ2) is 6.67. The van der Waals surface area contributed by atoms with Crippen molar-refractivity contribution < 1.29 is 22.3 Å². The van der Waals surface area contributed by atoms with E-state index in [0.717, 1.165) is 24.8 Å². The molecule has 0 aliphatic heterocycles. The highest BCUT2D eigenvalue weighted by Gasteiger charge is 2.24. The van der Waals surface area contributed by atoms with E-state index in [1.54, 1.807) is 31.2 Å². The average Bonchev–Trinajstić information content (AvgIpc) is 2.45. The maximum atomic E-state index is 14.1. The minimum atomic E-state index is -4.20. The minimum absolute atomic E-state index is 0.0847. The van der Waals surface area contributed by atoms with Gasteiger partial charge < -0.3 is 4.74 Å². The van der Waals surface area contributed by atoms with Crippen LogP contribution in [-0.4, -0.2) is 21.5 Å². The summed E-state index contributed by atoms with van der Waals surface area (Å²) in [6.07, 6.45) is 0. The molecule has 0 bridgehead atoms. The monoisotopic (exact) mass is 401 g/mol. The summed E-state index contributed by atoms with van der Waals surface area (Å²) in [5.41, 5.74) is 1.06. The number of methoxy groups -OCH3 is 1. The average molecular weight is 402 g/mol. The van der Waals surface area contributed by atoms with Gasteiger partial charge in [-0.25, -0.2) is 17.6 Å². The summed E-state index contributed by atoms with van der Waals surface area (Å²) in [5.74, 6) is -1.76. The molecule has 2 aromatic rings. The van der Waals surface area contributed by atoms with E-state index in [1.165, 1.54) is 0 Å². The van der Waals surface area contributed by atoms with Gasteiger partial charge in [-0.2, -0.15) is 0 Å². The van der Waals surface area contributed by atoms with Crippen LogP contribution in [0.3, 0.4) is 0 Å². The second-order valence-corrected chi connectivity index (χ2v) is 7.23. The first-order valence-corrected chi connectivity index (χ1v) is 8.69. The first-order chi connectivity index (χ1) is 10.7. The van der Waals surface area contributed by atoms with E-state index in [1.807, 2.05) is 0 Å². The fraction of sp³-hybridized carbons (Fsp3) is 0.133. The number of carbonyl (C=O) groups excluding carboxylic acids is 1. The number of aryl methyl sites for hydroxylation is 1. The van der Waals surface area contributed by atoms with E-state index in [0.29, 0.717) is 5.69 Å². The van der Waals surface area contributed by atoms with Gasteiger partial charge in [-0.15, -0.1) is 0 Å². The molecule has 2 rings (SSSR count). The van der Waals surface area contributed by atoms with Crippen molar-refractivity contribution in [3.8, 4) is 0 Å². The van der Waals surface area contributed by atoms with Crippen LogP contribution in [0.1, 0.15) is 15.9 Å². The summed E-state index contributed by atoms with van der Waals surface area (Å²) in [4.78, 5) is 11.0. The molecule has 0 radical (unpaired) electrons. The van der Waals surface area contributed by atoms with Crippen LogP contribution in [0.4, 0.5) is 10.1 Å². The molecule has 122 valence electrons. The highest BCUT2D eigenvalue weighted by Crippen LogP contribution is 2.26. The third-order valence-corrected chi connectivity index (χ3v) is 5.04. The van der Waals surface area contributed by atoms with E-state index in [4.69, 9.17) is 0 Å². The zero-order valence-corrected chi connectivity index (χ0v) is 14.7. The number of sulfonamides is 1. The Bertz CT molecular complexity index is 868. The lowest BCUT2D eigenvalue weighted by Crippen LogP contribution is -2.16. The number of hydrogen-bond acceptors (Lipinski definition) is 4. The van der Waals surface area contributed by atoms with Crippen molar-refractivity contribution in [3.05, 3.63) is 57.8 Å². The molecule has 2 aromatic carbocycles. The van der Waals surface area contributed by atoms with Gasteiger partial charge in [0.05, 0.1) is 12.7 Å². The first kappa shape index (κ1) is 17.4. The largest absolute Gasteiger partial charge is 0.465 e. The van der Waals surface area contributed by atoms with Crippen molar-refractivity contribution in [2.75, 3.05) is 11.8 Å². The molecule has 0 saturated heterocycles. The Kier molecular flexibility index (Phi) is 5.06. The molecule has 0 aliphatic rings. The van der Waals surface area contributed by atoms with Crippen molar-refractivity contribution in [2.45, 2.75) is 11.8 Å². The van der Waals surface area contributed by atoms with E-state index in [-0.39, 0.29) is 10.0 Å². The zero-order valence-electron chi connectivity index (χ0n) is 12.3. The van der Waals surface area contributed by atoms with Crippen LogP contribution < -0.4 is 4.72 Å². The molecule has 5 nitrogen and oxygen atoms in total. The Morgan fingerprint density at radius 3 is 2.57 bits per heavy atom. The van der Waals surface area contributed by atoms with Crippen LogP contribution in [0, 0.1) is 12.7 Å². The first-order valence-electron chi connectivity index (χ1n) is 6.41. The number of benzene rings is 2.